The molecule has 0 aromatic heterocycles. The lowest BCUT2D eigenvalue weighted by atomic mass is 9.85. The molecular weight excluding hydrogens is 330 g/mol. The van der Waals surface area contributed by atoms with Gasteiger partial charge in [0.1, 0.15) is 5.75 Å². The summed E-state index contributed by atoms with van der Waals surface area (Å²) >= 11 is 0. The molecule has 0 spiro atoms. The molecule has 27 heavy (non-hydrogen) atoms. The van der Waals surface area contributed by atoms with Crippen molar-refractivity contribution < 1.29 is 5.11 Å². The van der Waals surface area contributed by atoms with Crippen molar-refractivity contribution >= 4 is 6.21 Å². The van der Waals surface area contributed by atoms with Crippen LogP contribution in [0, 0.1) is 6.92 Å². The monoisotopic (exact) mass is 371 g/mol. The van der Waals surface area contributed by atoms with E-state index < -0.39 is 0 Å². The minimum atomic E-state index is 0.355. The Hall–Kier alpha value is -1.31. The van der Waals surface area contributed by atoms with Gasteiger partial charge in [0.05, 0.1) is 0 Å². The Morgan fingerprint density at radius 2 is 1.44 bits per heavy atom. The summed E-state index contributed by atoms with van der Waals surface area (Å²) in [5.41, 5.74) is 3.22. The van der Waals surface area contributed by atoms with Crippen molar-refractivity contribution in [2.75, 3.05) is 0 Å². The van der Waals surface area contributed by atoms with E-state index in [1.54, 1.807) is 0 Å². The van der Waals surface area contributed by atoms with Crippen molar-refractivity contribution in [1.82, 2.24) is 0 Å². The largest absolute Gasteiger partial charge is 0.507 e. The fraction of sp³-hybridized carbons (Fsp3) is 0.720. The summed E-state index contributed by atoms with van der Waals surface area (Å²) in [6, 6.07) is 4.71. The van der Waals surface area contributed by atoms with Crippen LogP contribution in [0.3, 0.4) is 0 Å². The second kappa shape index (κ2) is 12.2. The standard InChI is InChI=1S/C25H41NO/c1-4-22(5-2)26-19-24-20(3)17-18-23(25(24)27)21-15-13-11-9-7-6-8-10-12-14-16-21/h17-19,21-22,27H,4-16H2,1-3H3. The van der Waals surface area contributed by atoms with Crippen LogP contribution in [-0.4, -0.2) is 17.4 Å². The lowest BCUT2D eigenvalue weighted by Crippen LogP contribution is -2.05. The number of aliphatic imine (C=N–C) groups is 1. The van der Waals surface area contributed by atoms with Crippen LogP contribution in [0.2, 0.25) is 0 Å². The molecule has 0 bridgehead atoms. The normalized spacial score (nSPS) is 18.5. The minimum absolute atomic E-state index is 0.355. The highest BCUT2D eigenvalue weighted by molar-refractivity contribution is 5.86. The molecule has 0 unspecified atom stereocenters. The van der Waals surface area contributed by atoms with Crippen LogP contribution in [0.25, 0.3) is 0 Å². The van der Waals surface area contributed by atoms with Gasteiger partial charge in [0.25, 0.3) is 0 Å². The fourth-order valence-corrected chi connectivity index (χ4v) is 4.37. The van der Waals surface area contributed by atoms with E-state index in [-0.39, 0.29) is 0 Å². The zero-order valence-electron chi connectivity index (χ0n) is 18.0. The van der Waals surface area contributed by atoms with Crippen molar-refractivity contribution in [2.45, 2.75) is 116 Å². The van der Waals surface area contributed by atoms with Gasteiger partial charge in [-0.3, -0.25) is 4.99 Å². The Morgan fingerprint density at radius 3 is 1.96 bits per heavy atom. The number of benzene rings is 1. The van der Waals surface area contributed by atoms with Gasteiger partial charge >= 0.3 is 0 Å². The number of phenolic OH excluding ortho intramolecular Hbond substituents is 1. The quantitative estimate of drug-likeness (QED) is 0.528. The highest BCUT2D eigenvalue weighted by Gasteiger charge is 2.18. The second-order valence-electron chi connectivity index (χ2n) is 8.44. The van der Waals surface area contributed by atoms with Crippen LogP contribution >= 0.6 is 0 Å². The maximum atomic E-state index is 11.1. The van der Waals surface area contributed by atoms with Crippen LogP contribution < -0.4 is 0 Å². The Labute approximate surface area is 167 Å². The minimum Gasteiger partial charge on any atom is -0.507 e. The molecule has 1 aromatic carbocycles. The first-order valence-electron chi connectivity index (χ1n) is 11.5. The number of hydrogen-bond donors (Lipinski definition) is 1. The molecule has 1 aliphatic rings. The third kappa shape index (κ3) is 6.97. The van der Waals surface area contributed by atoms with E-state index in [1.165, 1.54) is 70.6 Å². The van der Waals surface area contributed by atoms with E-state index >= 15 is 0 Å². The molecule has 2 heteroatoms. The first kappa shape index (κ1) is 22.0. The number of aryl methyl sites for hydroxylation is 1. The molecular formula is C25H41NO. The van der Waals surface area contributed by atoms with Crippen molar-refractivity contribution in [1.29, 1.82) is 0 Å². The predicted molar refractivity (Wildman–Crippen MR) is 118 cm³/mol. The Kier molecular flexibility index (Phi) is 9.94. The maximum Gasteiger partial charge on any atom is 0.128 e. The molecule has 0 heterocycles. The van der Waals surface area contributed by atoms with E-state index in [9.17, 15) is 5.11 Å². The van der Waals surface area contributed by atoms with Gasteiger partial charge in [0.2, 0.25) is 0 Å². The van der Waals surface area contributed by atoms with Crippen LogP contribution in [-0.2, 0) is 0 Å². The van der Waals surface area contributed by atoms with Gasteiger partial charge in [-0.05, 0) is 49.7 Å². The number of nitrogens with zero attached hydrogens (tertiary/aromatic N) is 1. The molecule has 152 valence electrons. The summed E-state index contributed by atoms with van der Waals surface area (Å²) in [6.07, 6.45) is 18.7. The van der Waals surface area contributed by atoms with Gasteiger partial charge in [-0.2, -0.15) is 0 Å². The van der Waals surface area contributed by atoms with Gasteiger partial charge in [0.15, 0.2) is 0 Å². The molecule has 0 atom stereocenters. The van der Waals surface area contributed by atoms with E-state index in [2.05, 4.69) is 32.9 Å². The van der Waals surface area contributed by atoms with Crippen LogP contribution in [0.5, 0.6) is 5.75 Å². The zero-order valence-corrected chi connectivity index (χ0v) is 18.0. The predicted octanol–water partition coefficient (Wildman–Crippen LogP) is 7.70. The summed E-state index contributed by atoms with van der Waals surface area (Å²) in [5, 5.41) is 11.1. The van der Waals surface area contributed by atoms with E-state index in [1.807, 2.05) is 6.21 Å². The molecule has 0 radical (unpaired) electrons. The van der Waals surface area contributed by atoms with Crippen molar-refractivity contribution in [3.05, 3.63) is 28.8 Å². The third-order valence-corrected chi connectivity index (χ3v) is 6.37. The number of aromatic hydroxyl groups is 1. The second-order valence-corrected chi connectivity index (χ2v) is 8.44. The lowest BCUT2D eigenvalue weighted by Gasteiger charge is -2.21. The van der Waals surface area contributed by atoms with E-state index in [4.69, 9.17) is 4.99 Å². The molecule has 2 rings (SSSR count). The van der Waals surface area contributed by atoms with Gasteiger partial charge in [-0.15, -0.1) is 0 Å². The molecule has 0 saturated heterocycles. The summed E-state index contributed by atoms with van der Waals surface area (Å²) < 4.78 is 0. The van der Waals surface area contributed by atoms with Gasteiger partial charge in [0, 0.05) is 17.8 Å². The van der Waals surface area contributed by atoms with E-state index in [0.29, 0.717) is 17.7 Å². The first-order chi connectivity index (χ1) is 13.2. The Bertz CT molecular complexity index is 562. The van der Waals surface area contributed by atoms with Crippen molar-refractivity contribution in [2.24, 2.45) is 4.99 Å². The molecule has 1 saturated carbocycles. The maximum absolute atomic E-state index is 11.1. The molecule has 0 amide bonds. The fourth-order valence-electron chi connectivity index (χ4n) is 4.37. The molecule has 1 aromatic rings. The average molecular weight is 372 g/mol. The molecule has 1 fully saturated rings. The highest BCUT2D eigenvalue weighted by atomic mass is 16.3. The van der Waals surface area contributed by atoms with Gasteiger partial charge < -0.3 is 5.11 Å². The van der Waals surface area contributed by atoms with Crippen molar-refractivity contribution in [3.63, 3.8) is 0 Å². The number of rotatable bonds is 5. The lowest BCUT2D eigenvalue weighted by molar-refractivity contribution is 0.432. The summed E-state index contributed by atoms with van der Waals surface area (Å²) in [4.78, 5) is 4.74. The third-order valence-electron chi connectivity index (χ3n) is 6.37. The molecule has 1 N–H and O–H groups in total. The van der Waals surface area contributed by atoms with Gasteiger partial charge in [-0.1, -0.05) is 83.8 Å². The molecule has 2 nitrogen and oxygen atoms in total. The Morgan fingerprint density at radius 1 is 0.926 bits per heavy atom. The van der Waals surface area contributed by atoms with Crippen LogP contribution in [0.1, 0.15) is 120 Å². The smallest absolute Gasteiger partial charge is 0.128 e. The SMILES string of the molecule is CCC(CC)N=Cc1c(C)ccc(C2CCCCCCCCCCC2)c1O. The zero-order chi connectivity index (χ0) is 19.5. The van der Waals surface area contributed by atoms with Crippen LogP contribution in [0.4, 0.5) is 0 Å². The number of hydrogen-bond acceptors (Lipinski definition) is 2. The van der Waals surface area contributed by atoms with Crippen molar-refractivity contribution in [3.8, 4) is 5.75 Å². The summed E-state index contributed by atoms with van der Waals surface area (Å²) in [5.74, 6) is 0.979. The first-order valence-corrected chi connectivity index (χ1v) is 11.5. The summed E-state index contributed by atoms with van der Waals surface area (Å²) in [7, 11) is 0. The average Bonchev–Trinajstić information content (AvgIpc) is 2.66. The van der Waals surface area contributed by atoms with Crippen LogP contribution in [0.15, 0.2) is 17.1 Å². The molecule has 1 aliphatic carbocycles. The molecule has 0 aliphatic heterocycles. The Balaban J connectivity index is 2.19. The summed E-state index contributed by atoms with van der Waals surface area (Å²) in [6.45, 7) is 6.44. The van der Waals surface area contributed by atoms with E-state index in [0.717, 1.165) is 29.5 Å². The number of phenols is 1. The van der Waals surface area contributed by atoms with Gasteiger partial charge in [-0.25, -0.2) is 0 Å². The topological polar surface area (TPSA) is 32.6 Å². The highest BCUT2D eigenvalue weighted by Crippen LogP contribution is 2.37.